The molecule has 0 aromatic heterocycles. The quantitative estimate of drug-likeness (QED) is 0.877. The molecule has 0 aliphatic heterocycles. The molecule has 0 saturated carbocycles. The fourth-order valence-corrected chi connectivity index (χ4v) is 2.91. The summed E-state index contributed by atoms with van der Waals surface area (Å²) >= 11 is 1.76. The number of nitrogens with zero attached hydrogens (tertiary/aromatic N) is 1. The molecule has 0 saturated heterocycles. The van der Waals surface area contributed by atoms with E-state index in [9.17, 15) is 9.59 Å². The maximum atomic E-state index is 12.5. The van der Waals surface area contributed by atoms with Crippen LogP contribution in [-0.2, 0) is 12.3 Å². The number of amides is 2. The predicted molar refractivity (Wildman–Crippen MR) is 99.3 cm³/mol. The van der Waals surface area contributed by atoms with Gasteiger partial charge in [0.1, 0.15) is 0 Å². The maximum Gasteiger partial charge on any atom is 0.253 e. The van der Waals surface area contributed by atoms with E-state index in [1.807, 2.05) is 36.4 Å². The highest BCUT2D eigenvalue weighted by molar-refractivity contribution is 7.97. The molecule has 0 spiro atoms. The molecule has 2 amide bonds. The van der Waals surface area contributed by atoms with Crippen LogP contribution in [0.25, 0.3) is 0 Å². The zero-order valence-corrected chi connectivity index (χ0v) is 15.0. The van der Waals surface area contributed by atoms with Crippen molar-refractivity contribution in [3.05, 3.63) is 70.8 Å². The van der Waals surface area contributed by atoms with Crippen molar-refractivity contribution in [2.45, 2.75) is 12.3 Å². The summed E-state index contributed by atoms with van der Waals surface area (Å²) < 4.78 is 0. The molecular formula is C19H22N2O2S. The Morgan fingerprint density at radius 3 is 2.04 bits per heavy atom. The highest BCUT2D eigenvalue weighted by Crippen LogP contribution is 2.13. The van der Waals surface area contributed by atoms with Crippen LogP contribution < -0.4 is 5.32 Å². The first-order valence-corrected chi connectivity index (χ1v) is 9.09. The Kier molecular flexibility index (Phi) is 6.44. The summed E-state index contributed by atoms with van der Waals surface area (Å²) in [5, 5.41) is 2.59. The minimum atomic E-state index is -0.115. The molecule has 0 aliphatic carbocycles. The molecule has 0 aliphatic rings. The standard InChI is InChI=1S/C19H22N2O2S/c1-20-18(22)16-8-4-14(5-9-16)12-21(2)19(23)17-10-6-15(7-11-17)13-24-3/h4-11H,12-13H2,1-3H3,(H,20,22). The lowest BCUT2D eigenvalue weighted by atomic mass is 10.1. The molecule has 24 heavy (non-hydrogen) atoms. The molecule has 4 nitrogen and oxygen atoms in total. The van der Waals surface area contributed by atoms with Gasteiger partial charge < -0.3 is 10.2 Å². The first-order valence-electron chi connectivity index (χ1n) is 7.69. The molecule has 126 valence electrons. The van der Waals surface area contributed by atoms with Gasteiger partial charge in [-0.15, -0.1) is 0 Å². The van der Waals surface area contributed by atoms with Gasteiger partial charge in [0.15, 0.2) is 0 Å². The lowest BCUT2D eigenvalue weighted by molar-refractivity contribution is 0.0784. The summed E-state index contributed by atoms with van der Waals surface area (Å²) in [5.41, 5.74) is 3.49. The number of carbonyl (C=O) groups excluding carboxylic acids is 2. The lowest BCUT2D eigenvalue weighted by Gasteiger charge is -2.17. The van der Waals surface area contributed by atoms with Crippen molar-refractivity contribution in [2.75, 3.05) is 20.4 Å². The van der Waals surface area contributed by atoms with Crippen molar-refractivity contribution in [3.8, 4) is 0 Å². The van der Waals surface area contributed by atoms with E-state index in [4.69, 9.17) is 0 Å². The van der Waals surface area contributed by atoms with Crippen LogP contribution in [0.5, 0.6) is 0 Å². The van der Waals surface area contributed by atoms with Crippen LogP contribution in [0.3, 0.4) is 0 Å². The maximum absolute atomic E-state index is 12.5. The number of thioether (sulfide) groups is 1. The molecule has 0 unspecified atom stereocenters. The van der Waals surface area contributed by atoms with E-state index in [0.717, 1.165) is 11.3 Å². The molecule has 5 heteroatoms. The average Bonchev–Trinajstić information content (AvgIpc) is 2.62. The molecule has 1 N–H and O–H groups in total. The van der Waals surface area contributed by atoms with Crippen molar-refractivity contribution >= 4 is 23.6 Å². The Balaban J connectivity index is 2.01. The Bertz CT molecular complexity index is 696. The molecular weight excluding hydrogens is 320 g/mol. The molecule has 0 heterocycles. The predicted octanol–water partition coefficient (Wildman–Crippen LogP) is 3.18. The van der Waals surface area contributed by atoms with Crippen molar-refractivity contribution in [1.82, 2.24) is 10.2 Å². The molecule has 2 rings (SSSR count). The van der Waals surface area contributed by atoms with E-state index in [1.165, 1.54) is 5.56 Å². The van der Waals surface area contributed by atoms with Crippen molar-refractivity contribution in [1.29, 1.82) is 0 Å². The van der Waals surface area contributed by atoms with Crippen LogP contribution in [0.4, 0.5) is 0 Å². The molecule has 0 atom stereocenters. The minimum Gasteiger partial charge on any atom is -0.355 e. The summed E-state index contributed by atoms with van der Waals surface area (Å²) in [5.74, 6) is 0.819. The molecule has 0 bridgehead atoms. The summed E-state index contributed by atoms with van der Waals surface area (Å²) in [6, 6.07) is 15.0. The van der Waals surface area contributed by atoms with Crippen LogP contribution in [0.2, 0.25) is 0 Å². The molecule has 0 radical (unpaired) electrons. The van der Waals surface area contributed by atoms with Gasteiger partial charge in [-0.1, -0.05) is 24.3 Å². The highest BCUT2D eigenvalue weighted by atomic mass is 32.2. The van der Waals surface area contributed by atoms with Gasteiger partial charge in [0.25, 0.3) is 11.8 Å². The second kappa shape index (κ2) is 8.55. The second-order valence-corrected chi connectivity index (χ2v) is 6.43. The van der Waals surface area contributed by atoms with Crippen LogP contribution in [0, 0.1) is 0 Å². The van der Waals surface area contributed by atoms with Gasteiger partial charge in [0.05, 0.1) is 0 Å². The number of hydrogen-bond acceptors (Lipinski definition) is 3. The minimum absolute atomic E-state index is 0.0129. The average molecular weight is 342 g/mol. The van der Waals surface area contributed by atoms with E-state index in [0.29, 0.717) is 17.7 Å². The third kappa shape index (κ3) is 4.61. The first kappa shape index (κ1) is 18.1. The lowest BCUT2D eigenvalue weighted by Crippen LogP contribution is -2.26. The van der Waals surface area contributed by atoms with E-state index >= 15 is 0 Å². The van der Waals surface area contributed by atoms with Gasteiger partial charge in [0.2, 0.25) is 0 Å². The van der Waals surface area contributed by atoms with Crippen LogP contribution >= 0.6 is 11.8 Å². The van der Waals surface area contributed by atoms with E-state index in [1.54, 1.807) is 42.9 Å². The number of hydrogen-bond donors (Lipinski definition) is 1. The van der Waals surface area contributed by atoms with Crippen LogP contribution in [-0.4, -0.2) is 37.1 Å². The Morgan fingerprint density at radius 2 is 1.50 bits per heavy atom. The van der Waals surface area contributed by atoms with Crippen LogP contribution in [0.1, 0.15) is 31.8 Å². The highest BCUT2D eigenvalue weighted by Gasteiger charge is 2.12. The number of rotatable bonds is 6. The zero-order valence-electron chi connectivity index (χ0n) is 14.2. The Labute approximate surface area is 147 Å². The number of nitrogens with one attached hydrogen (secondary N) is 1. The summed E-state index contributed by atoms with van der Waals surface area (Å²) in [7, 11) is 3.39. The number of benzene rings is 2. The van der Waals surface area contributed by atoms with Gasteiger partial charge in [-0.05, 0) is 41.6 Å². The normalized spacial score (nSPS) is 10.3. The fraction of sp³-hybridized carbons (Fsp3) is 0.263. The second-order valence-electron chi connectivity index (χ2n) is 5.57. The first-order chi connectivity index (χ1) is 11.5. The Morgan fingerprint density at radius 1 is 0.958 bits per heavy atom. The van der Waals surface area contributed by atoms with Gasteiger partial charge in [-0.3, -0.25) is 9.59 Å². The number of carbonyl (C=O) groups is 2. The van der Waals surface area contributed by atoms with Crippen molar-refractivity contribution in [3.63, 3.8) is 0 Å². The van der Waals surface area contributed by atoms with Gasteiger partial charge in [-0.25, -0.2) is 0 Å². The van der Waals surface area contributed by atoms with Crippen LogP contribution in [0.15, 0.2) is 48.5 Å². The van der Waals surface area contributed by atoms with Gasteiger partial charge >= 0.3 is 0 Å². The summed E-state index contributed by atoms with van der Waals surface area (Å²) in [4.78, 5) is 25.7. The van der Waals surface area contributed by atoms with E-state index < -0.39 is 0 Å². The molecule has 2 aromatic carbocycles. The van der Waals surface area contributed by atoms with Crippen molar-refractivity contribution < 1.29 is 9.59 Å². The van der Waals surface area contributed by atoms with Gasteiger partial charge in [0, 0.05) is 37.5 Å². The SMILES string of the molecule is CNC(=O)c1ccc(CN(C)C(=O)c2ccc(CSC)cc2)cc1. The van der Waals surface area contributed by atoms with E-state index in [-0.39, 0.29) is 11.8 Å². The molecule has 2 aromatic rings. The third-order valence-corrected chi connectivity index (χ3v) is 4.34. The van der Waals surface area contributed by atoms with Gasteiger partial charge in [-0.2, -0.15) is 11.8 Å². The summed E-state index contributed by atoms with van der Waals surface area (Å²) in [6.45, 7) is 0.499. The third-order valence-electron chi connectivity index (χ3n) is 3.72. The summed E-state index contributed by atoms with van der Waals surface area (Å²) in [6.07, 6.45) is 2.06. The zero-order chi connectivity index (χ0) is 17.5. The monoisotopic (exact) mass is 342 g/mol. The van der Waals surface area contributed by atoms with Crippen molar-refractivity contribution in [2.24, 2.45) is 0 Å². The largest absolute Gasteiger partial charge is 0.355 e. The smallest absolute Gasteiger partial charge is 0.253 e. The topological polar surface area (TPSA) is 49.4 Å². The Hall–Kier alpha value is -2.27. The van der Waals surface area contributed by atoms with E-state index in [2.05, 4.69) is 11.6 Å². The molecule has 0 fully saturated rings. The fourth-order valence-electron chi connectivity index (χ4n) is 2.38.